The van der Waals surface area contributed by atoms with Crippen LogP contribution in [0.3, 0.4) is 0 Å². The lowest BCUT2D eigenvalue weighted by Gasteiger charge is -2.22. The molecule has 1 aromatic rings. The molecule has 0 radical (unpaired) electrons. The van der Waals surface area contributed by atoms with Gasteiger partial charge < -0.3 is 9.84 Å². The molecule has 82 valence electrons. The maximum Gasteiger partial charge on any atom is 0.107 e. The van der Waals surface area contributed by atoms with Crippen LogP contribution in [-0.2, 0) is 4.74 Å². The van der Waals surface area contributed by atoms with Crippen molar-refractivity contribution in [3.63, 3.8) is 0 Å². The normalized spacial score (nSPS) is 19.9. The van der Waals surface area contributed by atoms with Crippen LogP contribution in [0.5, 0.6) is 0 Å². The van der Waals surface area contributed by atoms with E-state index in [0.29, 0.717) is 12.5 Å². The first kappa shape index (κ1) is 10.6. The summed E-state index contributed by atoms with van der Waals surface area (Å²) >= 11 is 0. The van der Waals surface area contributed by atoms with Gasteiger partial charge in [0.2, 0.25) is 0 Å². The highest BCUT2D eigenvalue weighted by Crippen LogP contribution is 2.39. The van der Waals surface area contributed by atoms with Gasteiger partial charge in [-0.1, -0.05) is 6.07 Å². The lowest BCUT2D eigenvalue weighted by atomic mass is 10.0. The number of ether oxygens (including phenoxy) is 1. The second-order valence-corrected chi connectivity index (χ2v) is 3.99. The van der Waals surface area contributed by atoms with Crippen LogP contribution in [0.25, 0.3) is 0 Å². The average molecular weight is 207 g/mol. The number of aliphatic hydroxyl groups is 1. The van der Waals surface area contributed by atoms with Gasteiger partial charge in [0.05, 0.1) is 6.10 Å². The maximum absolute atomic E-state index is 10.2. The lowest BCUT2D eigenvalue weighted by molar-refractivity contribution is -0.0463. The number of nitrogens with zero attached hydrogens (tertiary/aromatic N) is 1. The number of aliphatic hydroxyl groups excluding tert-OH is 1. The third-order valence-electron chi connectivity index (χ3n) is 2.78. The summed E-state index contributed by atoms with van der Waals surface area (Å²) in [6.45, 7) is 2.61. The summed E-state index contributed by atoms with van der Waals surface area (Å²) in [5.74, 6) is 0.528. The van der Waals surface area contributed by atoms with Crippen LogP contribution >= 0.6 is 0 Å². The zero-order chi connectivity index (χ0) is 10.7. The molecule has 1 aromatic heterocycles. The molecule has 3 nitrogen and oxygen atoms in total. The minimum absolute atomic E-state index is 0.0563. The third kappa shape index (κ3) is 2.55. The molecular formula is C12H17NO2. The molecule has 0 saturated heterocycles. The Morgan fingerprint density at radius 3 is 2.93 bits per heavy atom. The molecule has 3 heteroatoms. The Kier molecular flexibility index (Phi) is 3.34. The standard InChI is InChI=1S/C12H17NO2/c1-2-15-12(9-5-6-9)11(14)10-4-3-7-13-8-10/h3-4,7-9,11-12,14H,2,5-6H2,1H3. The van der Waals surface area contributed by atoms with Gasteiger partial charge in [-0.2, -0.15) is 0 Å². The molecule has 1 N–H and O–H groups in total. The Morgan fingerprint density at radius 2 is 2.40 bits per heavy atom. The van der Waals surface area contributed by atoms with E-state index in [1.165, 1.54) is 12.8 Å². The minimum Gasteiger partial charge on any atom is -0.386 e. The summed E-state index contributed by atoms with van der Waals surface area (Å²) in [4.78, 5) is 4.01. The zero-order valence-electron chi connectivity index (χ0n) is 8.97. The van der Waals surface area contributed by atoms with E-state index in [2.05, 4.69) is 4.98 Å². The number of hydrogen-bond donors (Lipinski definition) is 1. The predicted octanol–water partition coefficient (Wildman–Crippen LogP) is 1.93. The molecule has 15 heavy (non-hydrogen) atoms. The second-order valence-electron chi connectivity index (χ2n) is 3.99. The molecule has 0 amide bonds. The zero-order valence-corrected chi connectivity index (χ0v) is 8.97. The van der Waals surface area contributed by atoms with Crippen molar-refractivity contribution in [2.45, 2.75) is 32.0 Å². The number of hydrogen-bond acceptors (Lipinski definition) is 3. The van der Waals surface area contributed by atoms with E-state index < -0.39 is 6.10 Å². The Hall–Kier alpha value is -0.930. The first-order valence-corrected chi connectivity index (χ1v) is 5.52. The van der Waals surface area contributed by atoms with E-state index in [-0.39, 0.29) is 6.10 Å². The van der Waals surface area contributed by atoms with Crippen molar-refractivity contribution in [1.29, 1.82) is 0 Å². The molecule has 2 unspecified atom stereocenters. The Morgan fingerprint density at radius 1 is 1.60 bits per heavy atom. The number of aromatic nitrogens is 1. The van der Waals surface area contributed by atoms with Crippen molar-refractivity contribution in [3.8, 4) is 0 Å². The number of rotatable bonds is 5. The molecule has 1 aliphatic carbocycles. The molecule has 0 aliphatic heterocycles. The van der Waals surface area contributed by atoms with Crippen molar-refractivity contribution in [2.75, 3.05) is 6.61 Å². The van der Waals surface area contributed by atoms with Gasteiger partial charge >= 0.3 is 0 Å². The fourth-order valence-electron chi connectivity index (χ4n) is 1.84. The van der Waals surface area contributed by atoms with Crippen molar-refractivity contribution < 1.29 is 9.84 Å². The second kappa shape index (κ2) is 4.73. The van der Waals surface area contributed by atoms with Gasteiger partial charge in [0.1, 0.15) is 6.10 Å². The topological polar surface area (TPSA) is 42.4 Å². The average Bonchev–Trinajstić information content (AvgIpc) is 3.10. The summed E-state index contributed by atoms with van der Waals surface area (Å²) in [6, 6.07) is 3.74. The van der Waals surface area contributed by atoms with Crippen LogP contribution in [0.15, 0.2) is 24.5 Å². The van der Waals surface area contributed by atoms with Crippen LogP contribution in [-0.4, -0.2) is 22.8 Å². The smallest absolute Gasteiger partial charge is 0.107 e. The minimum atomic E-state index is -0.536. The van der Waals surface area contributed by atoms with Crippen molar-refractivity contribution in [2.24, 2.45) is 5.92 Å². The highest BCUT2D eigenvalue weighted by atomic mass is 16.5. The Bertz CT molecular complexity index is 298. The molecule has 0 spiro atoms. The van der Waals surface area contributed by atoms with Gasteiger partial charge in [0, 0.05) is 24.6 Å². The van der Waals surface area contributed by atoms with Crippen molar-refractivity contribution in [1.82, 2.24) is 4.98 Å². The fourth-order valence-corrected chi connectivity index (χ4v) is 1.84. The molecular weight excluding hydrogens is 190 g/mol. The van der Waals surface area contributed by atoms with E-state index in [1.807, 2.05) is 19.1 Å². The third-order valence-corrected chi connectivity index (χ3v) is 2.78. The first-order valence-electron chi connectivity index (χ1n) is 5.52. The van der Waals surface area contributed by atoms with Gasteiger partial charge in [0.15, 0.2) is 0 Å². The molecule has 1 heterocycles. The first-order chi connectivity index (χ1) is 7.33. The van der Waals surface area contributed by atoms with Crippen LogP contribution in [0.4, 0.5) is 0 Å². The highest BCUT2D eigenvalue weighted by molar-refractivity contribution is 5.14. The van der Waals surface area contributed by atoms with Gasteiger partial charge in [-0.3, -0.25) is 4.98 Å². The summed E-state index contributed by atoms with van der Waals surface area (Å²) in [5, 5.41) is 10.2. The van der Waals surface area contributed by atoms with Crippen LogP contribution in [0, 0.1) is 5.92 Å². The Balaban J connectivity index is 2.07. The molecule has 2 atom stereocenters. The van der Waals surface area contributed by atoms with E-state index in [9.17, 15) is 5.11 Å². The van der Waals surface area contributed by atoms with Gasteiger partial charge in [-0.05, 0) is 31.7 Å². The summed E-state index contributed by atoms with van der Waals surface area (Å²) < 4.78 is 5.60. The molecule has 1 saturated carbocycles. The van der Waals surface area contributed by atoms with E-state index in [0.717, 1.165) is 5.56 Å². The van der Waals surface area contributed by atoms with Gasteiger partial charge in [0.25, 0.3) is 0 Å². The summed E-state index contributed by atoms with van der Waals surface area (Å²) in [5.41, 5.74) is 0.850. The SMILES string of the molecule is CCOC(C1CC1)C(O)c1cccnc1. The van der Waals surface area contributed by atoms with Gasteiger partial charge in [-0.15, -0.1) is 0 Å². The largest absolute Gasteiger partial charge is 0.386 e. The fraction of sp³-hybridized carbons (Fsp3) is 0.583. The monoisotopic (exact) mass is 207 g/mol. The van der Waals surface area contributed by atoms with E-state index in [4.69, 9.17) is 4.74 Å². The van der Waals surface area contributed by atoms with Gasteiger partial charge in [-0.25, -0.2) is 0 Å². The maximum atomic E-state index is 10.2. The van der Waals surface area contributed by atoms with Crippen molar-refractivity contribution in [3.05, 3.63) is 30.1 Å². The van der Waals surface area contributed by atoms with Crippen LogP contribution < -0.4 is 0 Å². The molecule has 1 aliphatic rings. The lowest BCUT2D eigenvalue weighted by Crippen LogP contribution is -2.24. The molecule has 0 bridgehead atoms. The molecule has 0 aromatic carbocycles. The van der Waals surface area contributed by atoms with E-state index >= 15 is 0 Å². The summed E-state index contributed by atoms with van der Waals surface area (Å²) in [7, 11) is 0. The summed E-state index contributed by atoms with van der Waals surface area (Å²) in [6.07, 6.45) is 5.16. The van der Waals surface area contributed by atoms with E-state index in [1.54, 1.807) is 12.4 Å². The van der Waals surface area contributed by atoms with Crippen LogP contribution in [0.1, 0.15) is 31.4 Å². The van der Waals surface area contributed by atoms with Crippen LogP contribution in [0.2, 0.25) is 0 Å². The predicted molar refractivity (Wildman–Crippen MR) is 57.3 cm³/mol. The number of pyridine rings is 1. The Labute approximate surface area is 90.1 Å². The highest BCUT2D eigenvalue weighted by Gasteiger charge is 2.37. The quantitative estimate of drug-likeness (QED) is 0.802. The molecule has 1 fully saturated rings. The van der Waals surface area contributed by atoms with Crippen molar-refractivity contribution >= 4 is 0 Å². The molecule has 2 rings (SSSR count).